The van der Waals surface area contributed by atoms with Gasteiger partial charge in [-0.2, -0.15) is 15.8 Å². The van der Waals surface area contributed by atoms with Crippen LogP contribution >= 0.6 is 0 Å². The largest absolute Gasteiger partial charge is 0.399 e. The number of barbiturate groups is 1. The maximum atomic E-state index is 12.8. The highest BCUT2D eigenvalue weighted by Crippen LogP contribution is 2.77. The van der Waals surface area contributed by atoms with Crippen molar-refractivity contribution in [1.29, 1.82) is 15.8 Å². The van der Waals surface area contributed by atoms with E-state index in [1.54, 1.807) is 6.07 Å². The Kier molecular flexibility index (Phi) is 4.03. The summed E-state index contributed by atoms with van der Waals surface area (Å²) in [6.07, 6.45) is 0. The predicted octanol–water partition coefficient (Wildman–Crippen LogP) is -0.186. The fourth-order valence-corrected chi connectivity index (χ4v) is 3.87. The summed E-state index contributed by atoms with van der Waals surface area (Å²) in [4.78, 5) is 47.4. The molecule has 142 valence electrons. The SMILES string of the molecule is N#CC(C#N)=C(N)[C@]1(C#N)[C@@H](c2cccc([N+](=O)[O-])c2)C12C(=O)NC(=O)NC2=O. The van der Waals surface area contributed by atoms with E-state index in [1.165, 1.54) is 24.3 Å². The van der Waals surface area contributed by atoms with E-state index in [9.17, 15) is 29.8 Å². The summed E-state index contributed by atoms with van der Waals surface area (Å²) in [6.45, 7) is 0. The van der Waals surface area contributed by atoms with Crippen molar-refractivity contribution in [3.05, 3.63) is 51.2 Å². The van der Waals surface area contributed by atoms with Gasteiger partial charge in [0.05, 0.1) is 16.7 Å². The highest BCUT2D eigenvalue weighted by atomic mass is 16.6. The van der Waals surface area contributed by atoms with Crippen LogP contribution in [0, 0.1) is 54.9 Å². The minimum absolute atomic E-state index is 0.0265. The molecule has 1 aliphatic heterocycles. The molecule has 1 aromatic rings. The van der Waals surface area contributed by atoms with E-state index in [1.807, 2.05) is 10.6 Å². The number of nitrogens with zero attached hydrogens (tertiary/aromatic N) is 4. The van der Waals surface area contributed by atoms with Crippen LogP contribution in [-0.2, 0) is 9.59 Å². The van der Waals surface area contributed by atoms with E-state index in [0.717, 1.165) is 12.1 Å². The standard InChI is InChI=1S/C17H9N7O5/c18-5-9(6-19)12(21)16(7-20)11(8-2-1-3-10(4-8)24(28)29)17(16)13(25)22-15(27)23-14(17)26/h1-4,11H,21H2,(H2,22,23,25,26,27)/t11-,16+/m1/s1. The summed E-state index contributed by atoms with van der Waals surface area (Å²) in [5.41, 5.74) is -0.286. The molecule has 1 aromatic carbocycles. The van der Waals surface area contributed by atoms with E-state index in [0.29, 0.717) is 0 Å². The quantitative estimate of drug-likeness (QED) is 0.269. The van der Waals surface area contributed by atoms with Gasteiger partial charge < -0.3 is 5.73 Å². The van der Waals surface area contributed by atoms with Crippen LogP contribution in [0.4, 0.5) is 10.5 Å². The number of amides is 4. The van der Waals surface area contributed by atoms with Gasteiger partial charge in [-0.05, 0) is 5.56 Å². The zero-order valence-corrected chi connectivity index (χ0v) is 14.3. The smallest absolute Gasteiger partial charge is 0.328 e. The van der Waals surface area contributed by atoms with Gasteiger partial charge in [-0.3, -0.25) is 30.3 Å². The summed E-state index contributed by atoms with van der Waals surface area (Å²) in [5.74, 6) is -3.71. The van der Waals surface area contributed by atoms with Gasteiger partial charge >= 0.3 is 6.03 Å². The van der Waals surface area contributed by atoms with Gasteiger partial charge in [0.1, 0.15) is 23.1 Å². The Morgan fingerprint density at radius 2 is 1.72 bits per heavy atom. The maximum Gasteiger partial charge on any atom is 0.328 e. The number of rotatable bonds is 3. The third-order valence-corrected chi connectivity index (χ3v) is 5.08. The Balaban J connectivity index is 2.35. The molecule has 1 saturated heterocycles. The number of nitrogens with two attached hydrogens (primary N) is 1. The number of hydrogen-bond donors (Lipinski definition) is 3. The first kappa shape index (κ1) is 19.0. The molecule has 2 fully saturated rings. The lowest BCUT2D eigenvalue weighted by molar-refractivity contribution is -0.384. The molecule has 4 amide bonds. The lowest BCUT2D eigenvalue weighted by Gasteiger charge is -2.23. The lowest BCUT2D eigenvalue weighted by Crippen LogP contribution is -2.59. The van der Waals surface area contributed by atoms with Crippen LogP contribution in [0.3, 0.4) is 0 Å². The molecule has 0 aromatic heterocycles. The zero-order chi connectivity index (χ0) is 21.6. The van der Waals surface area contributed by atoms with E-state index < -0.39 is 50.8 Å². The molecule has 0 unspecified atom stereocenters. The first-order chi connectivity index (χ1) is 13.7. The molecule has 1 spiro atoms. The number of nitriles is 3. The Bertz CT molecular complexity index is 1130. The number of benzene rings is 1. The van der Waals surface area contributed by atoms with Gasteiger partial charge in [0.25, 0.3) is 5.69 Å². The third kappa shape index (κ3) is 2.19. The fourth-order valence-electron chi connectivity index (χ4n) is 3.87. The highest BCUT2D eigenvalue weighted by Gasteiger charge is 2.88. The van der Waals surface area contributed by atoms with Gasteiger partial charge in [0.15, 0.2) is 5.41 Å². The van der Waals surface area contributed by atoms with Crippen molar-refractivity contribution in [3.63, 3.8) is 0 Å². The molecule has 29 heavy (non-hydrogen) atoms. The molecule has 1 saturated carbocycles. The fraction of sp³-hybridized carbons (Fsp3) is 0.176. The Morgan fingerprint density at radius 3 is 2.21 bits per heavy atom. The number of imide groups is 2. The number of carbonyl (C=O) groups excluding carboxylic acids is 3. The molecule has 0 bridgehead atoms. The molecule has 12 nitrogen and oxygen atoms in total. The van der Waals surface area contributed by atoms with Crippen molar-refractivity contribution in [1.82, 2.24) is 10.6 Å². The molecule has 2 aliphatic rings. The van der Waals surface area contributed by atoms with E-state index in [2.05, 4.69) is 0 Å². The Hall–Kier alpha value is -4.76. The van der Waals surface area contributed by atoms with Crippen LogP contribution in [0.1, 0.15) is 11.5 Å². The molecule has 0 radical (unpaired) electrons. The lowest BCUT2D eigenvalue weighted by atomic mass is 9.86. The summed E-state index contributed by atoms with van der Waals surface area (Å²) in [6, 6.07) is 8.44. The predicted molar refractivity (Wildman–Crippen MR) is 90.4 cm³/mol. The maximum absolute atomic E-state index is 12.8. The zero-order valence-electron chi connectivity index (χ0n) is 14.3. The molecule has 4 N–H and O–H groups in total. The minimum atomic E-state index is -2.30. The average Bonchev–Trinajstić information content (AvgIpc) is 3.33. The van der Waals surface area contributed by atoms with Crippen molar-refractivity contribution in [2.75, 3.05) is 0 Å². The molecule has 1 aliphatic carbocycles. The number of hydrogen-bond acceptors (Lipinski definition) is 9. The number of nitro benzene ring substituents is 1. The summed E-state index contributed by atoms with van der Waals surface area (Å²) in [7, 11) is 0. The van der Waals surface area contributed by atoms with Gasteiger partial charge in [-0.25, -0.2) is 4.79 Å². The van der Waals surface area contributed by atoms with Gasteiger partial charge in [0.2, 0.25) is 11.8 Å². The van der Waals surface area contributed by atoms with Crippen LogP contribution in [0.15, 0.2) is 35.5 Å². The van der Waals surface area contributed by atoms with Gasteiger partial charge in [-0.1, -0.05) is 12.1 Å². The highest BCUT2D eigenvalue weighted by molar-refractivity contribution is 6.24. The molecule has 3 rings (SSSR count). The van der Waals surface area contributed by atoms with Crippen molar-refractivity contribution in [2.45, 2.75) is 5.92 Å². The number of allylic oxidation sites excluding steroid dienone is 2. The first-order valence-electron chi connectivity index (χ1n) is 7.85. The molecule has 2 atom stereocenters. The van der Waals surface area contributed by atoms with Crippen molar-refractivity contribution >= 4 is 23.5 Å². The third-order valence-electron chi connectivity index (χ3n) is 5.08. The monoisotopic (exact) mass is 391 g/mol. The summed E-state index contributed by atoms with van der Waals surface area (Å²) in [5, 5.41) is 43.1. The van der Waals surface area contributed by atoms with Crippen molar-refractivity contribution < 1.29 is 19.3 Å². The van der Waals surface area contributed by atoms with Crippen LogP contribution in [-0.4, -0.2) is 22.8 Å². The van der Waals surface area contributed by atoms with Crippen LogP contribution in [0.25, 0.3) is 0 Å². The molecule has 1 heterocycles. The average molecular weight is 391 g/mol. The number of nitro groups is 1. The molecular weight excluding hydrogens is 382 g/mol. The van der Waals surface area contributed by atoms with E-state index in [4.69, 9.17) is 16.3 Å². The molecule has 12 heteroatoms. The van der Waals surface area contributed by atoms with Crippen molar-refractivity contribution in [2.24, 2.45) is 16.6 Å². The van der Waals surface area contributed by atoms with Gasteiger partial charge in [0, 0.05) is 18.1 Å². The second kappa shape index (κ2) is 6.15. The second-order valence-corrected chi connectivity index (χ2v) is 6.26. The first-order valence-corrected chi connectivity index (χ1v) is 7.85. The van der Waals surface area contributed by atoms with E-state index >= 15 is 0 Å². The Labute approximate surface area is 161 Å². The number of non-ortho nitro benzene ring substituents is 1. The Morgan fingerprint density at radius 1 is 1.14 bits per heavy atom. The molecular formula is C17H9N7O5. The minimum Gasteiger partial charge on any atom is -0.399 e. The van der Waals surface area contributed by atoms with Crippen molar-refractivity contribution in [3.8, 4) is 18.2 Å². The normalized spacial score (nSPS) is 23.6. The summed E-state index contributed by atoms with van der Waals surface area (Å²) >= 11 is 0. The van der Waals surface area contributed by atoms with E-state index in [-0.39, 0.29) is 11.3 Å². The van der Waals surface area contributed by atoms with Crippen LogP contribution in [0.2, 0.25) is 0 Å². The summed E-state index contributed by atoms with van der Waals surface area (Å²) < 4.78 is 0. The van der Waals surface area contributed by atoms with Crippen LogP contribution in [0.5, 0.6) is 0 Å². The number of carbonyl (C=O) groups is 3. The van der Waals surface area contributed by atoms with Gasteiger partial charge in [-0.15, -0.1) is 0 Å². The second-order valence-electron chi connectivity index (χ2n) is 6.26. The number of nitrogens with one attached hydrogen (secondary N) is 2. The topological polar surface area (TPSA) is 216 Å². The van der Waals surface area contributed by atoms with Crippen LogP contribution < -0.4 is 16.4 Å². The number of urea groups is 1.